The van der Waals surface area contributed by atoms with Crippen molar-refractivity contribution in [2.24, 2.45) is 0 Å². The van der Waals surface area contributed by atoms with Gasteiger partial charge in [0.25, 0.3) is 5.91 Å². The molecule has 0 bridgehead atoms. The van der Waals surface area contributed by atoms with Gasteiger partial charge in [0.2, 0.25) is 0 Å². The number of carbonyl (C=O) groups is 1. The average molecular weight is 262 g/mol. The molecular weight excluding hydrogens is 244 g/mol. The van der Waals surface area contributed by atoms with E-state index < -0.39 is 0 Å². The monoisotopic (exact) mass is 262 g/mol. The van der Waals surface area contributed by atoms with Crippen LogP contribution in [0.4, 0.5) is 0 Å². The van der Waals surface area contributed by atoms with Gasteiger partial charge in [-0.2, -0.15) is 0 Å². The lowest BCUT2D eigenvalue weighted by Crippen LogP contribution is -2.39. The number of rotatable bonds is 3. The molecule has 0 aromatic carbocycles. The molecule has 5 heteroatoms. The third-order valence-electron chi connectivity index (χ3n) is 3.39. The van der Waals surface area contributed by atoms with Gasteiger partial charge in [-0.25, -0.2) is 0 Å². The van der Waals surface area contributed by atoms with Crippen LogP contribution < -0.4 is 4.74 Å². The summed E-state index contributed by atoms with van der Waals surface area (Å²) in [4.78, 5) is 18.3. The minimum absolute atomic E-state index is 0.00987. The zero-order valence-corrected chi connectivity index (χ0v) is 11.2. The SMILES string of the molecule is CC(C)Oc1cncc(C(=O)N2CC[C@H]3O[C@H]3C2)c1. The summed E-state index contributed by atoms with van der Waals surface area (Å²) < 4.78 is 11.0. The lowest BCUT2D eigenvalue weighted by atomic mass is 10.1. The lowest BCUT2D eigenvalue weighted by Gasteiger charge is -2.24. The standard InChI is InChI=1S/C14H18N2O3/c1-9(2)18-11-5-10(6-15-7-11)14(17)16-4-3-12-13(8-16)19-12/h5-7,9,12-13H,3-4,8H2,1-2H3/t12-,13+/m1/s1. The molecule has 19 heavy (non-hydrogen) atoms. The Bertz CT molecular complexity index is 489. The highest BCUT2D eigenvalue weighted by Crippen LogP contribution is 2.31. The number of ether oxygens (including phenoxy) is 2. The summed E-state index contributed by atoms with van der Waals surface area (Å²) >= 11 is 0. The second kappa shape index (κ2) is 4.81. The summed E-state index contributed by atoms with van der Waals surface area (Å²) in [6.45, 7) is 5.35. The highest BCUT2D eigenvalue weighted by atomic mass is 16.6. The maximum absolute atomic E-state index is 12.4. The Morgan fingerprint density at radius 1 is 1.47 bits per heavy atom. The number of carbonyl (C=O) groups excluding carboxylic acids is 1. The number of hydrogen-bond acceptors (Lipinski definition) is 4. The number of likely N-dealkylation sites (tertiary alicyclic amines) is 1. The number of aromatic nitrogens is 1. The molecular formula is C14H18N2O3. The Kier molecular flexibility index (Phi) is 3.14. The Hall–Kier alpha value is -1.62. The summed E-state index contributed by atoms with van der Waals surface area (Å²) in [5.41, 5.74) is 0.581. The summed E-state index contributed by atoms with van der Waals surface area (Å²) in [6, 6.07) is 1.76. The number of fused-ring (bicyclic) bond motifs is 1. The van der Waals surface area contributed by atoms with Crippen molar-refractivity contribution in [1.82, 2.24) is 9.88 Å². The number of pyridine rings is 1. The van der Waals surface area contributed by atoms with Crippen LogP contribution >= 0.6 is 0 Å². The number of amides is 1. The van der Waals surface area contributed by atoms with E-state index in [4.69, 9.17) is 9.47 Å². The van der Waals surface area contributed by atoms with Gasteiger partial charge in [-0.3, -0.25) is 9.78 Å². The van der Waals surface area contributed by atoms with Crippen LogP contribution in [0, 0.1) is 0 Å². The molecule has 102 valence electrons. The Balaban J connectivity index is 1.71. The van der Waals surface area contributed by atoms with Crippen LogP contribution in [0.25, 0.3) is 0 Å². The van der Waals surface area contributed by atoms with Gasteiger partial charge in [0.15, 0.2) is 0 Å². The maximum atomic E-state index is 12.4. The van der Waals surface area contributed by atoms with Crippen molar-refractivity contribution in [1.29, 1.82) is 0 Å². The average Bonchev–Trinajstić information content (AvgIpc) is 3.15. The third kappa shape index (κ3) is 2.71. The first-order valence-corrected chi connectivity index (χ1v) is 6.70. The second-order valence-corrected chi connectivity index (χ2v) is 5.33. The number of epoxide rings is 1. The molecule has 3 heterocycles. The van der Waals surface area contributed by atoms with Crippen LogP contribution in [0.1, 0.15) is 30.6 Å². The quantitative estimate of drug-likeness (QED) is 0.774. The molecule has 0 radical (unpaired) electrons. The molecule has 0 saturated carbocycles. The molecule has 2 saturated heterocycles. The molecule has 2 aliphatic heterocycles. The topological polar surface area (TPSA) is 55.0 Å². The van der Waals surface area contributed by atoms with Crippen LogP contribution in [0.15, 0.2) is 18.5 Å². The highest BCUT2D eigenvalue weighted by molar-refractivity contribution is 5.94. The van der Waals surface area contributed by atoms with E-state index in [-0.39, 0.29) is 18.1 Å². The molecule has 2 aliphatic rings. The van der Waals surface area contributed by atoms with Gasteiger partial charge in [0, 0.05) is 19.3 Å². The van der Waals surface area contributed by atoms with Crippen LogP contribution in [0.2, 0.25) is 0 Å². The third-order valence-corrected chi connectivity index (χ3v) is 3.39. The van der Waals surface area contributed by atoms with Gasteiger partial charge in [-0.15, -0.1) is 0 Å². The number of hydrogen-bond donors (Lipinski definition) is 0. The van der Waals surface area contributed by atoms with Crippen LogP contribution in [0.5, 0.6) is 5.75 Å². The van der Waals surface area contributed by atoms with E-state index in [1.54, 1.807) is 18.5 Å². The largest absolute Gasteiger partial charge is 0.489 e. The Morgan fingerprint density at radius 2 is 2.32 bits per heavy atom. The van der Waals surface area contributed by atoms with Crippen molar-refractivity contribution in [2.75, 3.05) is 13.1 Å². The molecule has 0 N–H and O–H groups in total. The predicted molar refractivity (Wildman–Crippen MR) is 69.2 cm³/mol. The molecule has 2 fully saturated rings. The molecule has 1 aromatic rings. The van der Waals surface area contributed by atoms with E-state index >= 15 is 0 Å². The highest BCUT2D eigenvalue weighted by Gasteiger charge is 2.44. The molecule has 3 rings (SSSR count). The lowest BCUT2D eigenvalue weighted by molar-refractivity contribution is 0.0735. The van der Waals surface area contributed by atoms with Crippen LogP contribution in [-0.4, -0.2) is 47.2 Å². The fraction of sp³-hybridized carbons (Fsp3) is 0.571. The Morgan fingerprint density at radius 3 is 3.05 bits per heavy atom. The van der Waals surface area contributed by atoms with Gasteiger partial charge < -0.3 is 14.4 Å². The first-order valence-electron chi connectivity index (χ1n) is 6.70. The zero-order chi connectivity index (χ0) is 13.4. The van der Waals surface area contributed by atoms with Crippen molar-refractivity contribution in [3.8, 4) is 5.75 Å². The van der Waals surface area contributed by atoms with E-state index in [9.17, 15) is 4.79 Å². The predicted octanol–water partition coefficient (Wildman–Crippen LogP) is 1.48. The van der Waals surface area contributed by atoms with Crippen molar-refractivity contribution >= 4 is 5.91 Å². The molecule has 1 aromatic heterocycles. The smallest absolute Gasteiger partial charge is 0.255 e. The molecule has 5 nitrogen and oxygen atoms in total. The summed E-state index contributed by atoms with van der Waals surface area (Å²) in [5, 5.41) is 0. The first kappa shape index (κ1) is 12.4. The van der Waals surface area contributed by atoms with E-state index in [1.165, 1.54) is 0 Å². The van der Waals surface area contributed by atoms with E-state index in [1.807, 2.05) is 18.7 Å². The second-order valence-electron chi connectivity index (χ2n) is 5.33. The fourth-order valence-corrected chi connectivity index (χ4v) is 2.42. The fourth-order valence-electron chi connectivity index (χ4n) is 2.42. The zero-order valence-electron chi connectivity index (χ0n) is 11.2. The summed E-state index contributed by atoms with van der Waals surface area (Å²) in [5.74, 6) is 0.647. The van der Waals surface area contributed by atoms with Gasteiger partial charge in [-0.1, -0.05) is 0 Å². The molecule has 0 aliphatic carbocycles. The summed E-state index contributed by atoms with van der Waals surface area (Å²) in [7, 11) is 0. The molecule has 2 atom stereocenters. The van der Waals surface area contributed by atoms with Crippen molar-refractivity contribution < 1.29 is 14.3 Å². The van der Waals surface area contributed by atoms with Gasteiger partial charge in [0.05, 0.1) is 24.0 Å². The van der Waals surface area contributed by atoms with Crippen molar-refractivity contribution in [3.63, 3.8) is 0 Å². The number of nitrogens with zero attached hydrogens (tertiary/aromatic N) is 2. The van der Waals surface area contributed by atoms with E-state index in [2.05, 4.69) is 4.98 Å². The number of piperidine rings is 1. The van der Waals surface area contributed by atoms with Gasteiger partial charge in [-0.05, 0) is 26.3 Å². The van der Waals surface area contributed by atoms with Crippen LogP contribution in [0.3, 0.4) is 0 Å². The molecule has 1 amide bonds. The van der Waals surface area contributed by atoms with Crippen LogP contribution in [-0.2, 0) is 4.74 Å². The normalized spacial score (nSPS) is 25.1. The first-order chi connectivity index (χ1) is 9.13. The molecule has 0 spiro atoms. The van der Waals surface area contributed by atoms with E-state index in [0.717, 1.165) is 13.0 Å². The van der Waals surface area contributed by atoms with Crippen molar-refractivity contribution in [3.05, 3.63) is 24.0 Å². The summed E-state index contributed by atoms with van der Waals surface area (Å²) in [6.07, 6.45) is 4.87. The van der Waals surface area contributed by atoms with Crippen molar-refractivity contribution in [2.45, 2.75) is 38.6 Å². The minimum atomic E-state index is 0.00987. The van der Waals surface area contributed by atoms with Gasteiger partial charge in [0.1, 0.15) is 11.9 Å². The van der Waals surface area contributed by atoms with E-state index in [0.29, 0.717) is 24.0 Å². The molecule has 0 unspecified atom stereocenters. The Labute approximate surface area is 112 Å². The van der Waals surface area contributed by atoms with Gasteiger partial charge >= 0.3 is 0 Å². The maximum Gasteiger partial charge on any atom is 0.255 e. The minimum Gasteiger partial charge on any atom is -0.489 e.